The van der Waals surface area contributed by atoms with Crippen LogP contribution in [0.4, 0.5) is 4.79 Å². The zero-order valence-electron chi connectivity index (χ0n) is 14.6. The van der Waals surface area contributed by atoms with E-state index in [0.29, 0.717) is 19.5 Å². The molecule has 126 valence electrons. The third-order valence-corrected chi connectivity index (χ3v) is 4.10. The summed E-state index contributed by atoms with van der Waals surface area (Å²) in [6.07, 6.45) is 1.66. The molecule has 0 unspecified atom stereocenters. The Balaban J connectivity index is 1.83. The second-order valence-electron chi connectivity index (χ2n) is 7.37. The number of nitrogens with zero attached hydrogens (tertiary/aromatic N) is 1. The highest BCUT2D eigenvalue weighted by atomic mass is 16.6. The molecule has 1 saturated heterocycles. The van der Waals surface area contributed by atoms with Gasteiger partial charge in [0.1, 0.15) is 11.4 Å². The number of piperidine rings is 1. The first-order valence-electron chi connectivity index (χ1n) is 8.31. The zero-order chi connectivity index (χ0) is 17.0. The van der Waals surface area contributed by atoms with Crippen molar-refractivity contribution in [3.05, 3.63) is 35.4 Å². The number of aryl methyl sites for hydroxylation is 1. The highest BCUT2D eigenvalue weighted by molar-refractivity contribution is 5.83. The molecule has 1 aliphatic rings. The Kier molecular flexibility index (Phi) is 5.45. The minimum absolute atomic E-state index is 0.0509. The van der Waals surface area contributed by atoms with Crippen LogP contribution in [-0.4, -0.2) is 35.5 Å². The van der Waals surface area contributed by atoms with Gasteiger partial charge in [-0.15, -0.1) is 0 Å². The van der Waals surface area contributed by atoms with Crippen LogP contribution in [0, 0.1) is 12.8 Å². The van der Waals surface area contributed by atoms with Gasteiger partial charge in [0.25, 0.3) is 0 Å². The van der Waals surface area contributed by atoms with Crippen LogP contribution in [0.15, 0.2) is 24.3 Å². The number of hydrogen-bond donors (Lipinski definition) is 0. The van der Waals surface area contributed by atoms with Gasteiger partial charge in [-0.25, -0.2) is 4.79 Å². The van der Waals surface area contributed by atoms with Crippen molar-refractivity contribution in [2.24, 2.45) is 5.92 Å². The molecule has 0 bridgehead atoms. The normalized spacial score (nSPS) is 16.3. The fourth-order valence-corrected chi connectivity index (χ4v) is 2.76. The first-order valence-corrected chi connectivity index (χ1v) is 8.31. The molecule has 0 saturated carbocycles. The van der Waals surface area contributed by atoms with E-state index in [1.165, 1.54) is 5.56 Å². The standard InChI is InChI=1S/C19H27NO3/c1-14-5-7-15(8-6-14)13-17(21)16-9-11-20(12-10-16)18(22)23-19(2,3)4/h5-8,16H,9-13H2,1-4H3. The number of carbonyl (C=O) groups excluding carboxylic acids is 2. The Morgan fingerprint density at radius 3 is 2.22 bits per heavy atom. The summed E-state index contributed by atoms with van der Waals surface area (Å²) in [5.74, 6) is 0.327. The third kappa shape index (κ3) is 5.38. The molecule has 4 nitrogen and oxygen atoms in total. The van der Waals surface area contributed by atoms with Gasteiger partial charge in [0, 0.05) is 25.4 Å². The monoisotopic (exact) mass is 317 g/mol. The molecule has 1 heterocycles. The second kappa shape index (κ2) is 7.16. The maximum atomic E-state index is 12.4. The van der Waals surface area contributed by atoms with Crippen molar-refractivity contribution in [1.29, 1.82) is 0 Å². The van der Waals surface area contributed by atoms with E-state index in [9.17, 15) is 9.59 Å². The summed E-state index contributed by atoms with van der Waals surface area (Å²) in [5.41, 5.74) is 1.79. The summed E-state index contributed by atoms with van der Waals surface area (Å²) in [4.78, 5) is 26.2. The number of ether oxygens (including phenoxy) is 1. The predicted octanol–water partition coefficient (Wildman–Crippen LogP) is 3.75. The van der Waals surface area contributed by atoms with E-state index < -0.39 is 5.60 Å². The molecule has 0 aromatic heterocycles. The van der Waals surface area contributed by atoms with Gasteiger partial charge < -0.3 is 9.64 Å². The van der Waals surface area contributed by atoms with E-state index in [4.69, 9.17) is 4.74 Å². The van der Waals surface area contributed by atoms with Crippen LogP contribution in [0.1, 0.15) is 44.7 Å². The van der Waals surface area contributed by atoms with Gasteiger partial charge in [0.05, 0.1) is 0 Å². The predicted molar refractivity (Wildman–Crippen MR) is 90.4 cm³/mol. The van der Waals surface area contributed by atoms with Crippen molar-refractivity contribution in [3.63, 3.8) is 0 Å². The summed E-state index contributed by atoms with van der Waals surface area (Å²) in [7, 11) is 0. The molecule has 1 aromatic carbocycles. The molecule has 0 N–H and O–H groups in total. The number of hydrogen-bond acceptors (Lipinski definition) is 3. The number of benzene rings is 1. The average molecular weight is 317 g/mol. The summed E-state index contributed by atoms with van der Waals surface area (Å²) in [6.45, 7) is 8.82. The largest absolute Gasteiger partial charge is 0.444 e. The Morgan fingerprint density at radius 2 is 1.70 bits per heavy atom. The molecule has 0 spiro atoms. The van der Waals surface area contributed by atoms with Crippen molar-refractivity contribution >= 4 is 11.9 Å². The van der Waals surface area contributed by atoms with Crippen LogP contribution < -0.4 is 0 Å². The molecule has 1 aromatic rings. The second-order valence-corrected chi connectivity index (χ2v) is 7.37. The van der Waals surface area contributed by atoms with Crippen molar-refractivity contribution in [1.82, 2.24) is 4.90 Å². The van der Waals surface area contributed by atoms with Gasteiger partial charge in [-0.05, 0) is 46.1 Å². The minimum Gasteiger partial charge on any atom is -0.444 e. The molecule has 0 aliphatic carbocycles. The quantitative estimate of drug-likeness (QED) is 0.853. The first-order chi connectivity index (χ1) is 10.7. The zero-order valence-corrected chi connectivity index (χ0v) is 14.6. The Morgan fingerprint density at radius 1 is 1.13 bits per heavy atom. The molecule has 1 amide bonds. The van der Waals surface area contributed by atoms with E-state index in [1.807, 2.05) is 52.0 Å². The number of ketones is 1. The molecule has 4 heteroatoms. The molecule has 2 rings (SSSR count). The van der Waals surface area contributed by atoms with Gasteiger partial charge in [0.15, 0.2) is 0 Å². The van der Waals surface area contributed by atoms with Crippen LogP contribution in [0.3, 0.4) is 0 Å². The lowest BCUT2D eigenvalue weighted by Crippen LogP contribution is -2.43. The smallest absolute Gasteiger partial charge is 0.410 e. The Labute approximate surface area is 138 Å². The number of Topliss-reactive ketones (excluding diaryl/α,β-unsaturated/α-hetero) is 1. The lowest BCUT2D eigenvalue weighted by molar-refractivity contribution is -0.123. The maximum absolute atomic E-state index is 12.4. The molecule has 1 aliphatic heterocycles. The third-order valence-electron chi connectivity index (χ3n) is 4.10. The SMILES string of the molecule is Cc1ccc(CC(=O)C2CCN(C(=O)OC(C)(C)C)CC2)cc1. The molecular formula is C19H27NO3. The van der Waals surface area contributed by atoms with Crippen molar-refractivity contribution in [3.8, 4) is 0 Å². The minimum atomic E-state index is -0.477. The highest BCUT2D eigenvalue weighted by Gasteiger charge is 2.29. The fraction of sp³-hybridized carbons (Fsp3) is 0.579. The van der Waals surface area contributed by atoms with Gasteiger partial charge in [-0.2, -0.15) is 0 Å². The first kappa shape index (κ1) is 17.5. The maximum Gasteiger partial charge on any atom is 0.410 e. The van der Waals surface area contributed by atoms with Gasteiger partial charge >= 0.3 is 6.09 Å². The lowest BCUT2D eigenvalue weighted by atomic mass is 9.89. The number of carbonyl (C=O) groups is 2. The van der Waals surface area contributed by atoms with E-state index in [0.717, 1.165) is 18.4 Å². The van der Waals surface area contributed by atoms with Crippen molar-refractivity contribution < 1.29 is 14.3 Å². The van der Waals surface area contributed by atoms with Gasteiger partial charge in [-0.1, -0.05) is 29.8 Å². The Hall–Kier alpha value is -1.84. The molecule has 0 atom stereocenters. The van der Waals surface area contributed by atoms with Crippen LogP contribution in [0.25, 0.3) is 0 Å². The van der Waals surface area contributed by atoms with Crippen molar-refractivity contribution in [2.45, 2.75) is 52.6 Å². The summed E-state index contributed by atoms with van der Waals surface area (Å²) in [5, 5.41) is 0. The topological polar surface area (TPSA) is 46.6 Å². The van der Waals surface area contributed by atoms with E-state index in [2.05, 4.69) is 0 Å². The number of amides is 1. The average Bonchev–Trinajstić information content (AvgIpc) is 2.48. The molecule has 23 heavy (non-hydrogen) atoms. The van der Waals surface area contributed by atoms with Crippen LogP contribution in [0.2, 0.25) is 0 Å². The highest BCUT2D eigenvalue weighted by Crippen LogP contribution is 2.22. The summed E-state index contributed by atoms with van der Waals surface area (Å²) in [6, 6.07) is 8.10. The van der Waals surface area contributed by atoms with Crippen LogP contribution >= 0.6 is 0 Å². The summed E-state index contributed by atoms with van der Waals surface area (Å²) >= 11 is 0. The van der Waals surface area contributed by atoms with Gasteiger partial charge in [-0.3, -0.25) is 4.79 Å². The van der Waals surface area contributed by atoms with Crippen LogP contribution in [0.5, 0.6) is 0 Å². The molecule has 1 fully saturated rings. The van der Waals surface area contributed by atoms with Crippen LogP contribution in [-0.2, 0) is 16.0 Å². The fourth-order valence-electron chi connectivity index (χ4n) is 2.76. The number of rotatable bonds is 3. The van der Waals surface area contributed by atoms with Crippen molar-refractivity contribution in [2.75, 3.05) is 13.1 Å². The number of likely N-dealkylation sites (tertiary alicyclic amines) is 1. The summed E-state index contributed by atoms with van der Waals surface area (Å²) < 4.78 is 5.38. The Bertz CT molecular complexity index is 549. The van der Waals surface area contributed by atoms with E-state index >= 15 is 0 Å². The lowest BCUT2D eigenvalue weighted by Gasteiger charge is -2.33. The van der Waals surface area contributed by atoms with Gasteiger partial charge in [0.2, 0.25) is 0 Å². The molecule has 0 radical (unpaired) electrons. The van der Waals surface area contributed by atoms with E-state index in [1.54, 1.807) is 4.90 Å². The molecular weight excluding hydrogens is 290 g/mol. The van der Waals surface area contributed by atoms with E-state index in [-0.39, 0.29) is 17.8 Å².